The van der Waals surface area contributed by atoms with Gasteiger partial charge in [-0.25, -0.2) is 0 Å². The first-order valence-corrected chi connectivity index (χ1v) is 9.31. The maximum Gasteiger partial charge on any atom is 0.131 e. The zero-order chi connectivity index (χ0) is 18.8. The topological polar surface area (TPSA) is 17.1 Å². The van der Waals surface area contributed by atoms with E-state index in [9.17, 15) is 4.79 Å². The quantitative estimate of drug-likeness (QED) is 0.488. The molecule has 0 amide bonds. The normalized spacial score (nSPS) is 10.6. The molecule has 3 aromatic rings. The van der Waals surface area contributed by atoms with Crippen molar-refractivity contribution < 1.29 is 4.79 Å². The lowest BCUT2D eigenvalue weighted by atomic mass is 9.66. The van der Waals surface area contributed by atoms with Crippen LogP contribution in [0.1, 0.15) is 50.3 Å². The highest BCUT2D eigenvalue weighted by Crippen LogP contribution is 2.42. The van der Waals surface area contributed by atoms with Crippen molar-refractivity contribution in [3.05, 3.63) is 108 Å². The molecular weight excluding hydrogens is 316 g/mol. The van der Waals surface area contributed by atoms with Crippen molar-refractivity contribution in [3.8, 4) is 0 Å². The standard InChI is InChI=1S/C22H20O.C3H8/c1-18(23)17-22(19-11-5-2-6-12-19,20-13-7-3-8-14-20)21-15-9-4-10-16-21;1-3-2/h2-16H,17H2,1H3;3H2,1-2H3. The average molecular weight is 344 g/mol. The second-order valence-corrected chi connectivity index (χ2v) is 6.59. The van der Waals surface area contributed by atoms with Crippen molar-refractivity contribution >= 4 is 5.78 Å². The molecule has 0 heterocycles. The summed E-state index contributed by atoms with van der Waals surface area (Å²) in [5.74, 6) is 0.182. The Morgan fingerprint density at radius 2 is 0.923 bits per heavy atom. The largest absolute Gasteiger partial charge is 0.300 e. The van der Waals surface area contributed by atoms with Crippen LogP contribution >= 0.6 is 0 Å². The van der Waals surface area contributed by atoms with Gasteiger partial charge in [0, 0.05) is 6.42 Å². The molecule has 0 aliphatic carbocycles. The summed E-state index contributed by atoms with van der Waals surface area (Å²) in [7, 11) is 0. The number of carbonyl (C=O) groups excluding carboxylic acids is 1. The van der Waals surface area contributed by atoms with E-state index in [0.29, 0.717) is 6.42 Å². The third kappa shape index (κ3) is 4.49. The smallest absolute Gasteiger partial charge is 0.131 e. The molecule has 0 radical (unpaired) electrons. The SMILES string of the molecule is CC(=O)CC(c1ccccc1)(c1ccccc1)c1ccccc1.CCC. The van der Waals surface area contributed by atoms with Crippen LogP contribution in [0, 0.1) is 0 Å². The predicted molar refractivity (Wildman–Crippen MR) is 110 cm³/mol. The zero-order valence-corrected chi connectivity index (χ0v) is 16.0. The third-order valence-electron chi connectivity index (χ3n) is 4.31. The van der Waals surface area contributed by atoms with E-state index in [-0.39, 0.29) is 5.78 Å². The van der Waals surface area contributed by atoms with Gasteiger partial charge in [0.25, 0.3) is 0 Å². The molecule has 0 atom stereocenters. The van der Waals surface area contributed by atoms with Crippen molar-refractivity contribution in [2.24, 2.45) is 0 Å². The van der Waals surface area contributed by atoms with E-state index in [4.69, 9.17) is 0 Å². The van der Waals surface area contributed by atoms with Crippen LogP contribution in [0.5, 0.6) is 0 Å². The van der Waals surface area contributed by atoms with Gasteiger partial charge in [-0.05, 0) is 23.6 Å². The molecular formula is C25H28O. The lowest BCUT2D eigenvalue weighted by molar-refractivity contribution is -0.117. The summed E-state index contributed by atoms with van der Waals surface area (Å²) in [5.41, 5.74) is 2.99. The van der Waals surface area contributed by atoms with Gasteiger partial charge in [0.2, 0.25) is 0 Å². The first kappa shape index (κ1) is 19.7. The molecule has 0 saturated heterocycles. The van der Waals surface area contributed by atoms with Gasteiger partial charge in [-0.1, -0.05) is 111 Å². The highest BCUT2D eigenvalue weighted by molar-refractivity contribution is 5.79. The van der Waals surface area contributed by atoms with E-state index in [2.05, 4.69) is 50.2 Å². The molecule has 0 spiro atoms. The Hall–Kier alpha value is -2.67. The van der Waals surface area contributed by atoms with E-state index >= 15 is 0 Å². The number of ketones is 1. The third-order valence-corrected chi connectivity index (χ3v) is 4.31. The van der Waals surface area contributed by atoms with Gasteiger partial charge >= 0.3 is 0 Å². The van der Waals surface area contributed by atoms with Crippen molar-refractivity contribution in [3.63, 3.8) is 0 Å². The van der Waals surface area contributed by atoms with Crippen LogP contribution < -0.4 is 0 Å². The highest BCUT2D eigenvalue weighted by atomic mass is 16.1. The van der Waals surface area contributed by atoms with E-state index in [0.717, 1.165) is 16.7 Å². The number of hydrogen-bond donors (Lipinski definition) is 0. The molecule has 0 N–H and O–H groups in total. The van der Waals surface area contributed by atoms with Crippen LogP contribution in [0.3, 0.4) is 0 Å². The van der Waals surface area contributed by atoms with Gasteiger partial charge in [0.05, 0.1) is 5.41 Å². The second kappa shape index (κ2) is 9.72. The molecule has 26 heavy (non-hydrogen) atoms. The maximum atomic E-state index is 12.2. The number of benzene rings is 3. The molecule has 1 nitrogen and oxygen atoms in total. The first-order valence-electron chi connectivity index (χ1n) is 9.31. The zero-order valence-electron chi connectivity index (χ0n) is 16.0. The Morgan fingerprint density at radius 1 is 0.654 bits per heavy atom. The minimum atomic E-state index is -0.449. The van der Waals surface area contributed by atoms with Crippen LogP contribution in [0.4, 0.5) is 0 Å². The first-order chi connectivity index (χ1) is 12.6. The summed E-state index contributed by atoms with van der Waals surface area (Å²) < 4.78 is 0. The Balaban J connectivity index is 0.000000758. The summed E-state index contributed by atoms with van der Waals surface area (Å²) >= 11 is 0. The summed E-state index contributed by atoms with van der Waals surface area (Å²) in [6.45, 7) is 5.92. The van der Waals surface area contributed by atoms with Crippen LogP contribution in [0.15, 0.2) is 91.0 Å². The summed E-state index contributed by atoms with van der Waals surface area (Å²) in [5, 5.41) is 0. The predicted octanol–water partition coefficient (Wildman–Crippen LogP) is 6.42. The monoisotopic (exact) mass is 344 g/mol. The molecule has 0 saturated carbocycles. The summed E-state index contributed by atoms with van der Waals surface area (Å²) in [6.07, 6.45) is 1.70. The average Bonchev–Trinajstić information content (AvgIpc) is 2.69. The molecule has 0 aromatic heterocycles. The van der Waals surface area contributed by atoms with Gasteiger partial charge in [0.1, 0.15) is 5.78 Å². The Morgan fingerprint density at radius 3 is 1.15 bits per heavy atom. The number of hydrogen-bond acceptors (Lipinski definition) is 1. The molecule has 3 rings (SSSR count). The fraction of sp³-hybridized carbons (Fsp3) is 0.240. The fourth-order valence-corrected chi connectivity index (χ4v) is 3.35. The van der Waals surface area contributed by atoms with Gasteiger partial charge < -0.3 is 0 Å². The molecule has 1 heteroatoms. The molecule has 0 unspecified atom stereocenters. The minimum Gasteiger partial charge on any atom is -0.300 e. The summed E-state index contributed by atoms with van der Waals surface area (Å²) in [4.78, 5) is 12.2. The van der Waals surface area contributed by atoms with Crippen molar-refractivity contribution in [2.45, 2.75) is 39.0 Å². The summed E-state index contributed by atoms with van der Waals surface area (Å²) in [6, 6.07) is 30.9. The van der Waals surface area contributed by atoms with Gasteiger partial charge in [0.15, 0.2) is 0 Å². The minimum absolute atomic E-state index is 0.182. The van der Waals surface area contributed by atoms with Crippen molar-refractivity contribution in [2.75, 3.05) is 0 Å². The molecule has 0 aliphatic rings. The molecule has 134 valence electrons. The van der Waals surface area contributed by atoms with E-state index < -0.39 is 5.41 Å². The van der Waals surface area contributed by atoms with Crippen LogP contribution in [0.25, 0.3) is 0 Å². The van der Waals surface area contributed by atoms with Gasteiger partial charge in [-0.15, -0.1) is 0 Å². The second-order valence-electron chi connectivity index (χ2n) is 6.59. The van der Waals surface area contributed by atoms with Gasteiger partial charge in [-0.3, -0.25) is 4.79 Å². The lowest BCUT2D eigenvalue weighted by Crippen LogP contribution is -2.31. The molecule has 3 aromatic carbocycles. The van der Waals surface area contributed by atoms with E-state index in [1.165, 1.54) is 6.42 Å². The molecule has 0 bridgehead atoms. The molecule has 0 fully saturated rings. The van der Waals surface area contributed by atoms with Crippen LogP contribution in [-0.2, 0) is 10.2 Å². The van der Waals surface area contributed by atoms with Gasteiger partial charge in [-0.2, -0.15) is 0 Å². The molecule has 0 aliphatic heterocycles. The van der Waals surface area contributed by atoms with E-state index in [1.54, 1.807) is 6.92 Å². The number of carbonyl (C=O) groups is 1. The van der Waals surface area contributed by atoms with Crippen molar-refractivity contribution in [1.82, 2.24) is 0 Å². The van der Waals surface area contributed by atoms with Crippen molar-refractivity contribution in [1.29, 1.82) is 0 Å². The number of Topliss-reactive ketones (excluding diaryl/α,β-unsaturated/α-hetero) is 1. The van der Waals surface area contributed by atoms with Crippen LogP contribution in [-0.4, -0.2) is 5.78 Å². The lowest BCUT2D eigenvalue weighted by Gasteiger charge is -2.35. The van der Waals surface area contributed by atoms with Crippen LogP contribution in [0.2, 0.25) is 0 Å². The maximum absolute atomic E-state index is 12.2. The Bertz CT molecular complexity index is 679. The van der Waals surface area contributed by atoms with E-state index in [1.807, 2.05) is 54.6 Å². The Kier molecular flexibility index (Phi) is 7.35. The fourth-order valence-electron chi connectivity index (χ4n) is 3.35. The number of rotatable bonds is 5. The highest BCUT2D eigenvalue weighted by Gasteiger charge is 2.37. The Labute approximate surface area is 157 Å².